The fourth-order valence-corrected chi connectivity index (χ4v) is 2.42. The molecule has 0 atom stereocenters. The molecule has 1 heterocycles. The highest BCUT2D eigenvalue weighted by atomic mass is 19.4. The van der Waals surface area contributed by atoms with Gasteiger partial charge in [0.25, 0.3) is 0 Å². The molecule has 2 aromatic carbocycles. The molecule has 0 radical (unpaired) electrons. The van der Waals surface area contributed by atoms with Crippen LogP contribution >= 0.6 is 0 Å². The molecule has 7 heteroatoms. The smallest absolute Gasteiger partial charge is 0.475 e. The number of anilines is 1. The fraction of sp³-hybridized carbons (Fsp3) is 0.278. The van der Waals surface area contributed by atoms with Gasteiger partial charge in [0.1, 0.15) is 0 Å². The van der Waals surface area contributed by atoms with Gasteiger partial charge in [0, 0.05) is 31.9 Å². The summed E-state index contributed by atoms with van der Waals surface area (Å²) in [6.07, 6.45) is -5.08. The van der Waals surface area contributed by atoms with Crippen LogP contribution in [0.1, 0.15) is 0 Å². The summed E-state index contributed by atoms with van der Waals surface area (Å²) in [5.74, 6) is -2.76. The van der Waals surface area contributed by atoms with Crippen molar-refractivity contribution in [1.82, 2.24) is 5.32 Å². The highest BCUT2D eigenvalue weighted by Crippen LogP contribution is 2.23. The van der Waals surface area contributed by atoms with E-state index in [9.17, 15) is 13.2 Å². The van der Waals surface area contributed by atoms with E-state index in [2.05, 4.69) is 64.8 Å². The average molecular weight is 352 g/mol. The van der Waals surface area contributed by atoms with Crippen LogP contribution in [0.5, 0.6) is 0 Å². The van der Waals surface area contributed by atoms with Crippen LogP contribution < -0.4 is 10.2 Å². The number of alkyl halides is 3. The van der Waals surface area contributed by atoms with Crippen molar-refractivity contribution in [2.75, 3.05) is 31.1 Å². The quantitative estimate of drug-likeness (QED) is 0.870. The molecule has 1 saturated heterocycles. The van der Waals surface area contributed by atoms with Gasteiger partial charge in [0.05, 0.1) is 0 Å². The molecule has 0 bridgehead atoms. The van der Waals surface area contributed by atoms with Gasteiger partial charge in [-0.3, -0.25) is 0 Å². The van der Waals surface area contributed by atoms with Crippen molar-refractivity contribution >= 4 is 11.7 Å². The SMILES string of the molecule is O=C(O)C(F)(F)F.c1ccc(-c2ccc(N3CCNCC3)cc2)cc1. The van der Waals surface area contributed by atoms with Gasteiger partial charge in [-0.05, 0) is 23.3 Å². The maximum absolute atomic E-state index is 10.6. The lowest BCUT2D eigenvalue weighted by Crippen LogP contribution is -2.43. The first-order valence-electron chi connectivity index (χ1n) is 7.79. The Hall–Kier alpha value is -2.54. The Kier molecular flexibility index (Phi) is 6.41. The highest BCUT2D eigenvalue weighted by Gasteiger charge is 2.38. The number of aliphatic carboxylic acids is 1. The lowest BCUT2D eigenvalue weighted by molar-refractivity contribution is -0.192. The number of hydrogen-bond donors (Lipinski definition) is 2. The Balaban J connectivity index is 0.000000277. The molecule has 2 N–H and O–H groups in total. The van der Waals surface area contributed by atoms with Crippen LogP contribution in [-0.4, -0.2) is 43.4 Å². The molecule has 25 heavy (non-hydrogen) atoms. The van der Waals surface area contributed by atoms with Crippen molar-refractivity contribution < 1.29 is 23.1 Å². The van der Waals surface area contributed by atoms with E-state index in [1.807, 2.05) is 0 Å². The van der Waals surface area contributed by atoms with E-state index >= 15 is 0 Å². The lowest BCUT2D eigenvalue weighted by atomic mass is 10.1. The second kappa shape index (κ2) is 8.53. The minimum Gasteiger partial charge on any atom is -0.475 e. The number of nitrogens with zero attached hydrogens (tertiary/aromatic N) is 1. The van der Waals surface area contributed by atoms with Crippen LogP contribution in [0.3, 0.4) is 0 Å². The van der Waals surface area contributed by atoms with Crippen LogP contribution in [0, 0.1) is 0 Å². The summed E-state index contributed by atoms with van der Waals surface area (Å²) in [4.78, 5) is 11.3. The molecule has 1 fully saturated rings. The standard InChI is InChI=1S/C16H18N2.C2HF3O2/c1-2-4-14(5-3-1)15-6-8-16(9-7-15)18-12-10-17-11-13-18;3-2(4,5)1(6)7/h1-9,17H,10-13H2;(H,6,7). The monoisotopic (exact) mass is 352 g/mol. The van der Waals surface area contributed by atoms with Crippen molar-refractivity contribution in [3.8, 4) is 11.1 Å². The van der Waals surface area contributed by atoms with Gasteiger partial charge >= 0.3 is 12.1 Å². The molecule has 0 amide bonds. The van der Waals surface area contributed by atoms with E-state index in [1.165, 1.54) is 16.8 Å². The topological polar surface area (TPSA) is 52.6 Å². The minimum atomic E-state index is -5.08. The van der Waals surface area contributed by atoms with Gasteiger partial charge < -0.3 is 15.3 Å². The molecule has 2 aromatic rings. The first kappa shape index (κ1) is 18.8. The van der Waals surface area contributed by atoms with Crippen molar-refractivity contribution in [1.29, 1.82) is 0 Å². The average Bonchev–Trinajstić information content (AvgIpc) is 2.63. The zero-order chi connectivity index (χ0) is 18.3. The van der Waals surface area contributed by atoms with Crippen LogP contribution in [0.15, 0.2) is 54.6 Å². The third-order valence-corrected chi connectivity index (χ3v) is 3.70. The minimum absolute atomic E-state index is 1.08. The third kappa shape index (κ3) is 5.79. The molecule has 0 unspecified atom stereocenters. The third-order valence-electron chi connectivity index (χ3n) is 3.70. The van der Waals surface area contributed by atoms with E-state index in [0.29, 0.717) is 0 Å². The maximum atomic E-state index is 10.6. The van der Waals surface area contributed by atoms with Gasteiger partial charge in [0.15, 0.2) is 0 Å². The molecular formula is C18H19F3N2O2. The predicted octanol–water partition coefficient (Wildman–Crippen LogP) is 3.40. The van der Waals surface area contributed by atoms with Crippen molar-refractivity contribution in [3.63, 3.8) is 0 Å². The summed E-state index contributed by atoms with van der Waals surface area (Å²) >= 11 is 0. The summed E-state index contributed by atoms with van der Waals surface area (Å²) < 4.78 is 31.7. The summed E-state index contributed by atoms with van der Waals surface area (Å²) in [6, 6.07) is 19.4. The number of rotatable bonds is 2. The number of nitrogens with one attached hydrogen (secondary N) is 1. The maximum Gasteiger partial charge on any atom is 0.490 e. The van der Waals surface area contributed by atoms with E-state index in [4.69, 9.17) is 9.90 Å². The van der Waals surface area contributed by atoms with Crippen LogP contribution in [0.4, 0.5) is 18.9 Å². The van der Waals surface area contributed by atoms with E-state index in [-0.39, 0.29) is 0 Å². The lowest BCUT2D eigenvalue weighted by Gasteiger charge is -2.29. The van der Waals surface area contributed by atoms with Gasteiger partial charge in [-0.2, -0.15) is 13.2 Å². The Bertz CT molecular complexity index is 667. The Labute approximate surface area is 143 Å². The first-order chi connectivity index (χ1) is 11.9. The molecule has 1 aliphatic heterocycles. The number of carboxylic acid groups (broad SMARTS) is 1. The van der Waals surface area contributed by atoms with Crippen molar-refractivity contribution in [2.24, 2.45) is 0 Å². The van der Waals surface area contributed by atoms with E-state index in [1.54, 1.807) is 0 Å². The number of benzene rings is 2. The van der Waals surface area contributed by atoms with E-state index in [0.717, 1.165) is 26.2 Å². The highest BCUT2D eigenvalue weighted by molar-refractivity contribution is 5.73. The molecular weight excluding hydrogens is 333 g/mol. The summed E-state index contributed by atoms with van der Waals surface area (Å²) in [6.45, 7) is 4.37. The fourth-order valence-electron chi connectivity index (χ4n) is 2.42. The van der Waals surface area contributed by atoms with Crippen molar-refractivity contribution in [2.45, 2.75) is 6.18 Å². The molecule has 0 spiro atoms. The largest absolute Gasteiger partial charge is 0.490 e. The Morgan fingerprint density at radius 2 is 1.40 bits per heavy atom. The normalized spacial score (nSPS) is 14.4. The second-order valence-electron chi connectivity index (χ2n) is 5.45. The second-order valence-corrected chi connectivity index (χ2v) is 5.45. The number of piperazine rings is 1. The summed E-state index contributed by atoms with van der Waals surface area (Å²) in [7, 11) is 0. The van der Waals surface area contributed by atoms with Crippen molar-refractivity contribution in [3.05, 3.63) is 54.6 Å². The number of hydrogen-bond acceptors (Lipinski definition) is 3. The van der Waals surface area contributed by atoms with Gasteiger partial charge in [-0.1, -0.05) is 42.5 Å². The Morgan fingerprint density at radius 3 is 1.88 bits per heavy atom. The van der Waals surface area contributed by atoms with Crippen LogP contribution in [0.25, 0.3) is 11.1 Å². The van der Waals surface area contributed by atoms with Gasteiger partial charge in [-0.25, -0.2) is 4.79 Å². The van der Waals surface area contributed by atoms with Gasteiger partial charge in [-0.15, -0.1) is 0 Å². The van der Waals surface area contributed by atoms with Crippen LogP contribution in [-0.2, 0) is 4.79 Å². The number of carbonyl (C=O) groups is 1. The predicted molar refractivity (Wildman–Crippen MR) is 90.7 cm³/mol. The summed E-state index contributed by atoms with van der Waals surface area (Å²) in [5, 5.41) is 10.5. The molecule has 4 nitrogen and oxygen atoms in total. The Morgan fingerprint density at radius 1 is 0.920 bits per heavy atom. The number of halogens is 3. The molecule has 134 valence electrons. The van der Waals surface area contributed by atoms with E-state index < -0.39 is 12.1 Å². The number of carboxylic acids is 1. The van der Waals surface area contributed by atoms with Crippen LogP contribution in [0.2, 0.25) is 0 Å². The molecule has 3 rings (SSSR count). The molecule has 0 aliphatic carbocycles. The molecule has 0 saturated carbocycles. The summed E-state index contributed by atoms with van der Waals surface area (Å²) in [5.41, 5.74) is 3.90. The van der Waals surface area contributed by atoms with Gasteiger partial charge in [0.2, 0.25) is 0 Å². The zero-order valence-electron chi connectivity index (χ0n) is 13.5. The molecule has 0 aromatic heterocycles. The molecule has 1 aliphatic rings. The zero-order valence-corrected chi connectivity index (χ0v) is 13.5. The first-order valence-corrected chi connectivity index (χ1v) is 7.79.